The topological polar surface area (TPSA) is 24.5 Å². The van der Waals surface area contributed by atoms with Crippen molar-refractivity contribution in [1.29, 1.82) is 0 Å². The lowest BCUT2D eigenvalue weighted by atomic mass is 9.96. The predicted molar refractivity (Wildman–Crippen MR) is 88.5 cm³/mol. The van der Waals surface area contributed by atoms with Crippen molar-refractivity contribution in [2.75, 3.05) is 26.8 Å². The zero-order valence-corrected chi connectivity index (χ0v) is 13.7. The molecule has 3 atom stereocenters. The quantitative estimate of drug-likeness (QED) is 0.834. The average Bonchev–Trinajstić information content (AvgIpc) is 2.54. The highest BCUT2D eigenvalue weighted by atomic mass is 16.5. The van der Waals surface area contributed by atoms with Crippen LogP contribution in [-0.2, 0) is 4.74 Å². The van der Waals surface area contributed by atoms with Crippen molar-refractivity contribution in [2.24, 2.45) is 0 Å². The highest BCUT2D eigenvalue weighted by molar-refractivity contribution is 5.20. The van der Waals surface area contributed by atoms with Crippen LogP contribution in [0.2, 0.25) is 0 Å². The van der Waals surface area contributed by atoms with E-state index in [1.54, 1.807) is 0 Å². The summed E-state index contributed by atoms with van der Waals surface area (Å²) in [6.07, 6.45) is 3.63. The van der Waals surface area contributed by atoms with Crippen LogP contribution >= 0.6 is 0 Å². The van der Waals surface area contributed by atoms with E-state index in [-0.39, 0.29) is 0 Å². The summed E-state index contributed by atoms with van der Waals surface area (Å²) in [5.41, 5.74) is 1.41. The van der Waals surface area contributed by atoms with Gasteiger partial charge in [-0.25, -0.2) is 0 Å². The summed E-state index contributed by atoms with van der Waals surface area (Å²) in [7, 11) is 1.81. The van der Waals surface area contributed by atoms with Gasteiger partial charge in [-0.15, -0.1) is 0 Å². The lowest BCUT2D eigenvalue weighted by Gasteiger charge is -2.44. The molecule has 1 N–H and O–H groups in total. The van der Waals surface area contributed by atoms with Gasteiger partial charge >= 0.3 is 0 Å². The van der Waals surface area contributed by atoms with Gasteiger partial charge in [0.1, 0.15) is 0 Å². The van der Waals surface area contributed by atoms with Gasteiger partial charge in [-0.2, -0.15) is 0 Å². The number of methoxy groups -OCH3 is 1. The Balaban J connectivity index is 2.17. The van der Waals surface area contributed by atoms with E-state index in [0.717, 1.165) is 26.1 Å². The van der Waals surface area contributed by atoms with Crippen LogP contribution in [-0.4, -0.2) is 43.8 Å². The molecule has 0 amide bonds. The Kier molecular flexibility index (Phi) is 6.68. The second-order valence-corrected chi connectivity index (χ2v) is 6.03. The SMILES string of the molecule is CCCC1CN(C(CC)COC)C(c2ccccc2)CN1. The summed E-state index contributed by atoms with van der Waals surface area (Å²) >= 11 is 0. The molecule has 0 radical (unpaired) electrons. The van der Waals surface area contributed by atoms with Crippen LogP contribution in [0.25, 0.3) is 0 Å². The summed E-state index contributed by atoms with van der Waals surface area (Å²) in [5, 5.41) is 3.74. The molecule has 1 aliphatic heterocycles. The van der Waals surface area contributed by atoms with Crippen LogP contribution in [0.5, 0.6) is 0 Å². The Labute approximate surface area is 129 Å². The number of benzene rings is 1. The van der Waals surface area contributed by atoms with Crippen LogP contribution < -0.4 is 5.32 Å². The molecule has 0 spiro atoms. The minimum atomic E-state index is 0.458. The van der Waals surface area contributed by atoms with Crippen molar-refractivity contribution in [3.8, 4) is 0 Å². The van der Waals surface area contributed by atoms with Crippen LogP contribution in [0.3, 0.4) is 0 Å². The van der Waals surface area contributed by atoms with Crippen molar-refractivity contribution >= 4 is 0 Å². The van der Waals surface area contributed by atoms with Gasteiger partial charge in [0.25, 0.3) is 0 Å². The van der Waals surface area contributed by atoms with Gasteiger partial charge in [0.2, 0.25) is 0 Å². The molecule has 0 aromatic heterocycles. The van der Waals surface area contributed by atoms with Crippen molar-refractivity contribution in [3.05, 3.63) is 35.9 Å². The summed E-state index contributed by atoms with van der Waals surface area (Å²) in [6, 6.07) is 12.4. The highest BCUT2D eigenvalue weighted by Crippen LogP contribution is 2.27. The smallest absolute Gasteiger partial charge is 0.0618 e. The molecule has 0 bridgehead atoms. The molecule has 3 unspecified atom stereocenters. The third-order valence-electron chi connectivity index (χ3n) is 4.55. The molecule has 21 heavy (non-hydrogen) atoms. The number of piperazine rings is 1. The zero-order valence-electron chi connectivity index (χ0n) is 13.7. The fraction of sp³-hybridized carbons (Fsp3) is 0.667. The fourth-order valence-corrected chi connectivity index (χ4v) is 3.41. The predicted octanol–water partition coefficient (Wildman–Crippen LogP) is 3.23. The molecule has 0 saturated carbocycles. The van der Waals surface area contributed by atoms with Gasteiger partial charge in [0.05, 0.1) is 6.61 Å². The van der Waals surface area contributed by atoms with E-state index in [4.69, 9.17) is 4.74 Å². The molecule has 1 heterocycles. The Hall–Kier alpha value is -0.900. The average molecular weight is 290 g/mol. The summed E-state index contributed by atoms with van der Waals surface area (Å²) < 4.78 is 5.47. The molecule has 1 aromatic carbocycles. The monoisotopic (exact) mass is 290 g/mol. The number of ether oxygens (including phenoxy) is 1. The first-order valence-corrected chi connectivity index (χ1v) is 8.33. The molecule has 0 aliphatic carbocycles. The summed E-state index contributed by atoms with van der Waals surface area (Å²) in [4.78, 5) is 2.66. The van der Waals surface area contributed by atoms with Crippen LogP contribution in [0.4, 0.5) is 0 Å². The Bertz CT molecular complexity index is 395. The van der Waals surface area contributed by atoms with E-state index in [9.17, 15) is 0 Å². The van der Waals surface area contributed by atoms with Gasteiger partial charge in [0, 0.05) is 38.3 Å². The van der Waals surface area contributed by atoms with E-state index >= 15 is 0 Å². The maximum Gasteiger partial charge on any atom is 0.0618 e. The third kappa shape index (κ3) is 4.29. The normalized spacial score (nSPS) is 24.9. The Morgan fingerprint density at radius 1 is 1.29 bits per heavy atom. The molecule has 3 nitrogen and oxygen atoms in total. The number of hydrogen-bond acceptors (Lipinski definition) is 3. The second-order valence-electron chi connectivity index (χ2n) is 6.03. The van der Waals surface area contributed by atoms with Crippen LogP contribution in [0.15, 0.2) is 30.3 Å². The molecule has 1 saturated heterocycles. The fourth-order valence-electron chi connectivity index (χ4n) is 3.41. The van der Waals surface area contributed by atoms with E-state index in [0.29, 0.717) is 18.1 Å². The maximum atomic E-state index is 5.47. The standard InChI is InChI=1S/C18H30N2O/c1-4-9-16-13-20(17(5-2)14-21-3)18(12-19-16)15-10-7-6-8-11-15/h6-8,10-11,16-19H,4-5,9,12-14H2,1-3H3. The van der Waals surface area contributed by atoms with Gasteiger partial charge < -0.3 is 10.1 Å². The maximum absolute atomic E-state index is 5.47. The molecular formula is C18H30N2O. The minimum Gasteiger partial charge on any atom is -0.383 e. The summed E-state index contributed by atoms with van der Waals surface area (Å²) in [5.74, 6) is 0. The van der Waals surface area contributed by atoms with E-state index in [1.165, 1.54) is 18.4 Å². The number of rotatable bonds is 7. The van der Waals surface area contributed by atoms with Crippen molar-refractivity contribution in [1.82, 2.24) is 10.2 Å². The largest absolute Gasteiger partial charge is 0.383 e. The zero-order chi connectivity index (χ0) is 15.1. The first-order valence-electron chi connectivity index (χ1n) is 8.33. The van der Waals surface area contributed by atoms with Gasteiger partial charge in [0.15, 0.2) is 0 Å². The molecule has 1 aromatic rings. The van der Waals surface area contributed by atoms with E-state index < -0.39 is 0 Å². The van der Waals surface area contributed by atoms with E-state index in [2.05, 4.69) is 54.4 Å². The highest BCUT2D eigenvalue weighted by Gasteiger charge is 2.32. The number of nitrogens with zero attached hydrogens (tertiary/aromatic N) is 1. The van der Waals surface area contributed by atoms with Crippen LogP contribution in [0.1, 0.15) is 44.7 Å². The van der Waals surface area contributed by atoms with Gasteiger partial charge in [-0.05, 0) is 18.4 Å². The van der Waals surface area contributed by atoms with Crippen molar-refractivity contribution in [2.45, 2.75) is 51.2 Å². The molecule has 3 heteroatoms. The summed E-state index contributed by atoms with van der Waals surface area (Å²) in [6.45, 7) is 7.51. The first-order chi connectivity index (χ1) is 10.3. The Morgan fingerprint density at radius 3 is 2.67 bits per heavy atom. The molecule has 1 aliphatic rings. The number of nitrogens with one attached hydrogen (secondary N) is 1. The third-order valence-corrected chi connectivity index (χ3v) is 4.55. The van der Waals surface area contributed by atoms with Gasteiger partial charge in [-0.1, -0.05) is 50.6 Å². The molecule has 118 valence electrons. The first kappa shape index (κ1) is 16.5. The molecule has 2 rings (SSSR count). The van der Waals surface area contributed by atoms with Gasteiger partial charge in [-0.3, -0.25) is 4.90 Å². The lowest BCUT2D eigenvalue weighted by molar-refractivity contribution is 0.0293. The van der Waals surface area contributed by atoms with Crippen molar-refractivity contribution < 1.29 is 4.74 Å². The number of hydrogen-bond donors (Lipinski definition) is 1. The second kappa shape index (κ2) is 8.52. The lowest BCUT2D eigenvalue weighted by Crippen LogP contribution is -2.56. The van der Waals surface area contributed by atoms with Crippen LogP contribution in [0, 0.1) is 0 Å². The molecular weight excluding hydrogens is 260 g/mol. The van der Waals surface area contributed by atoms with Crippen molar-refractivity contribution in [3.63, 3.8) is 0 Å². The minimum absolute atomic E-state index is 0.458. The van der Waals surface area contributed by atoms with E-state index in [1.807, 2.05) is 7.11 Å². The Morgan fingerprint density at radius 2 is 2.05 bits per heavy atom. The molecule has 1 fully saturated rings.